The van der Waals surface area contributed by atoms with Crippen LogP contribution in [0.1, 0.15) is 0 Å². The lowest BCUT2D eigenvalue weighted by Crippen LogP contribution is -1.93. The van der Waals surface area contributed by atoms with E-state index in [0.717, 1.165) is 31.9 Å². The van der Waals surface area contributed by atoms with Crippen molar-refractivity contribution in [3.8, 4) is 23.0 Å². The summed E-state index contributed by atoms with van der Waals surface area (Å²) in [6.07, 6.45) is 1.72. The van der Waals surface area contributed by atoms with Gasteiger partial charge in [0.05, 0.1) is 19.7 Å². The number of halogens is 1. The monoisotopic (exact) mass is 409 g/mol. The second-order valence-corrected chi connectivity index (χ2v) is 6.70. The van der Waals surface area contributed by atoms with E-state index in [9.17, 15) is 0 Å². The Morgan fingerprint density at radius 3 is 2.31 bits per heavy atom. The fourth-order valence-corrected chi connectivity index (χ4v) is 3.30. The summed E-state index contributed by atoms with van der Waals surface area (Å²) in [6, 6.07) is 17.8. The van der Waals surface area contributed by atoms with Gasteiger partial charge in [0.25, 0.3) is 0 Å². The molecule has 0 fully saturated rings. The molecule has 4 rings (SSSR count). The number of hydrogen-bond donors (Lipinski definition) is 0. The molecule has 0 atom stereocenters. The van der Waals surface area contributed by atoms with Crippen molar-refractivity contribution in [3.63, 3.8) is 0 Å². The van der Waals surface area contributed by atoms with Gasteiger partial charge in [-0.2, -0.15) is 0 Å². The van der Waals surface area contributed by atoms with E-state index in [-0.39, 0.29) is 0 Å². The quantitative estimate of drug-likeness (QED) is 0.416. The van der Waals surface area contributed by atoms with Crippen LogP contribution in [-0.2, 0) is 0 Å². The molecule has 0 bridgehead atoms. The summed E-state index contributed by atoms with van der Waals surface area (Å²) in [5, 5.41) is 3.13. The molecule has 0 amide bonds. The van der Waals surface area contributed by atoms with E-state index in [1.54, 1.807) is 20.4 Å². The van der Waals surface area contributed by atoms with E-state index in [1.807, 2.05) is 42.5 Å². The molecule has 0 unspecified atom stereocenters. The molecule has 0 radical (unpaired) electrons. The summed E-state index contributed by atoms with van der Waals surface area (Å²) in [5.74, 6) is 2.76. The van der Waals surface area contributed by atoms with Gasteiger partial charge in [-0.3, -0.25) is 4.98 Å². The van der Waals surface area contributed by atoms with Gasteiger partial charge in [0.1, 0.15) is 11.5 Å². The number of aromatic nitrogens is 1. The third-order valence-corrected chi connectivity index (χ3v) is 4.70. The van der Waals surface area contributed by atoms with E-state index < -0.39 is 0 Å². The van der Waals surface area contributed by atoms with Gasteiger partial charge in [-0.15, -0.1) is 0 Å². The number of methoxy groups -OCH3 is 2. The zero-order valence-electron chi connectivity index (χ0n) is 14.3. The van der Waals surface area contributed by atoms with Gasteiger partial charge in [0, 0.05) is 22.1 Å². The summed E-state index contributed by atoms with van der Waals surface area (Å²) in [4.78, 5) is 4.41. The zero-order chi connectivity index (χ0) is 18.1. The SMILES string of the molecule is COc1cc2nccc(Oc3ccc4cc(Br)ccc4c3)c2cc1OC. The van der Waals surface area contributed by atoms with E-state index in [2.05, 4.69) is 33.0 Å². The summed E-state index contributed by atoms with van der Waals surface area (Å²) in [7, 11) is 3.22. The van der Waals surface area contributed by atoms with Crippen molar-refractivity contribution in [2.45, 2.75) is 0 Å². The lowest BCUT2D eigenvalue weighted by molar-refractivity contribution is 0.355. The van der Waals surface area contributed by atoms with Gasteiger partial charge < -0.3 is 14.2 Å². The van der Waals surface area contributed by atoms with Crippen molar-refractivity contribution < 1.29 is 14.2 Å². The Morgan fingerprint density at radius 2 is 1.50 bits per heavy atom. The van der Waals surface area contributed by atoms with Crippen LogP contribution < -0.4 is 14.2 Å². The van der Waals surface area contributed by atoms with E-state index in [1.165, 1.54) is 0 Å². The fourth-order valence-electron chi connectivity index (χ4n) is 2.92. The molecule has 0 N–H and O–H groups in total. The molecule has 4 nitrogen and oxygen atoms in total. The predicted molar refractivity (Wildman–Crippen MR) is 107 cm³/mol. The molecule has 4 aromatic rings. The second-order valence-electron chi connectivity index (χ2n) is 5.79. The van der Waals surface area contributed by atoms with Gasteiger partial charge in [-0.25, -0.2) is 0 Å². The van der Waals surface area contributed by atoms with Gasteiger partial charge >= 0.3 is 0 Å². The van der Waals surface area contributed by atoms with Crippen molar-refractivity contribution in [1.29, 1.82) is 0 Å². The molecule has 0 spiro atoms. The highest BCUT2D eigenvalue weighted by atomic mass is 79.9. The average Bonchev–Trinajstić information content (AvgIpc) is 2.67. The van der Waals surface area contributed by atoms with E-state index >= 15 is 0 Å². The summed E-state index contributed by atoms with van der Waals surface area (Å²) in [5.41, 5.74) is 0.782. The summed E-state index contributed by atoms with van der Waals surface area (Å²) < 4.78 is 18.0. The lowest BCUT2D eigenvalue weighted by atomic mass is 10.1. The highest BCUT2D eigenvalue weighted by Crippen LogP contribution is 2.37. The van der Waals surface area contributed by atoms with Gasteiger partial charge in [-0.1, -0.05) is 28.1 Å². The van der Waals surface area contributed by atoms with Crippen molar-refractivity contribution in [2.24, 2.45) is 0 Å². The smallest absolute Gasteiger partial charge is 0.162 e. The largest absolute Gasteiger partial charge is 0.493 e. The molecule has 3 aromatic carbocycles. The van der Waals surface area contributed by atoms with Crippen LogP contribution in [0.15, 0.2) is 65.3 Å². The topological polar surface area (TPSA) is 40.6 Å². The number of ether oxygens (including phenoxy) is 3. The molecule has 1 aromatic heterocycles. The first-order valence-corrected chi connectivity index (χ1v) is 8.85. The maximum absolute atomic E-state index is 6.15. The standard InChI is InChI=1S/C21H16BrNO3/c1-24-20-11-17-18(12-21(20)25-2)23-8-7-19(17)26-16-6-4-13-9-15(22)5-3-14(13)10-16/h3-12H,1-2H3. The van der Waals surface area contributed by atoms with Crippen LogP contribution in [0, 0.1) is 0 Å². The van der Waals surface area contributed by atoms with Crippen LogP contribution in [0.5, 0.6) is 23.0 Å². The second kappa shape index (κ2) is 6.84. The van der Waals surface area contributed by atoms with Crippen LogP contribution in [0.2, 0.25) is 0 Å². The van der Waals surface area contributed by atoms with Crippen molar-refractivity contribution >= 4 is 37.6 Å². The third kappa shape index (κ3) is 3.06. The number of pyridine rings is 1. The Balaban J connectivity index is 1.78. The molecule has 5 heteroatoms. The molecule has 1 heterocycles. The minimum atomic E-state index is 0.640. The highest BCUT2D eigenvalue weighted by Gasteiger charge is 2.11. The highest BCUT2D eigenvalue weighted by molar-refractivity contribution is 9.10. The average molecular weight is 410 g/mol. The lowest BCUT2D eigenvalue weighted by Gasteiger charge is -2.12. The molecular weight excluding hydrogens is 394 g/mol. The number of benzene rings is 3. The number of nitrogens with zero attached hydrogens (tertiary/aromatic N) is 1. The Bertz CT molecular complexity index is 1110. The van der Waals surface area contributed by atoms with E-state index in [0.29, 0.717) is 17.2 Å². The number of hydrogen-bond acceptors (Lipinski definition) is 4. The molecule has 0 aliphatic heterocycles. The molecule has 0 aliphatic rings. The van der Waals surface area contributed by atoms with Crippen LogP contribution >= 0.6 is 15.9 Å². The van der Waals surface area contributed by atoms with Crippen LogP contribution in [0.25, 0.3) is 21.7 Å². The van der Waals surface area contributed by atoms with Gasteiger partial charge in [-0.05, 0) is 47.2 Å². The third-order valence-electron chi connectivity index (χ3n) is 4.21. The van der Waals surface area contributed by atoms with Crippen molar-refractivity contribution in [1.82, 2.24) is 4.98 Å². The molecule has 0 aliphatic carbocycles. The Hall–Kier alpha value is -2.79. The van der Waals surface area contributed by atoms with Crippen LogP contribution in [-0.4, -0.2) is 19.2 Å². The van der Waals surface area contributed by atoms with Gasteiger partial charge in [0.2, 0.25) is 0 Å². The predicted octanol–water partition coefficient (Wildman–Crippen LogP) is 5.96. The minimum absolute atomic E-state index is 0.640. The van der Waals surface area contributed by atoms with Gasteiger partial charge in [0.15, 0.2) is 11.5 Å². The van der Waals surface area contributed by atoms with Crippen molar-refractivity contribution in [3.05, 3.63) is 65.3 Å². The Kier molecular flexibility index (Phi) is 4.39. The first kappa shape index (κ1) is 16.7. The minimum Gasteiger partial charge on any atom is -0.493 e. The van der Waals surface area contributed by atoms with Crippen molar-refractivity contribution in [2.75, 3.05) is 14.2 Å². The van der Waals surface area contributed by atoms with Crippen LogP contribution in [0.4, 0.5) is 0 Å². The first-order valence-electron chi connectivity index (χ1n) is 8.06. The molecular formula is C21H16BrNO3. The fraction of sp³-hybridized carbons (Fsp3) is 0.0952. The van der Waals surface area contributed by atoms with Crippen LogP contribution in [0.3, 0.4) is 0 Å². The maximum atomic E-state index is 6.15. The normalized spacial score (nSPS) is 10.9. The summed E-state index contributed by atoms with van der Waals surface area (Å²) >= 11 is 3.50. The Morgan fingerprint density at radius 1 is 0.769 bits per heavy atom. The first-order chi connectivity index (χ1) is 12.7. The summed E-state index contributed by atoms with van der Waals surface area (Å²) in [6.45, 7) is 0. The number of fused-ring (bicyclic) bond motifs is 2. The molecule has 0 saturated carbocycles. The number of rotatable bonds is 4. The Labute approximate surface area is 159 Å². The molecule has 130 valence electrons. The maximum Gasteiger partial charge on any atom is 0.162 e. The van der Waals surface area contributed by atoms with E-state index in [4.69, 9.17) is 14.2 Å². The molecule has 26 heavy (non-hydrogen) atoms. The molecule has 0 saturated heterocycles. The zero-order valence-corrected chi connectivity index (χ0v) is 15.9.